The molecule has 38 heavy (non-hydrogen) atoms. The largest absolute Gasteiger partial charge is 0.478 e. The summed E-state index contributed by atoms with van der Waals surface area (Å²) in [6, 6.07) is 22.8. The maximum absolute atomic E-state index is 12.6. The Morgan fingerprint density at radius 1 is 0.526 bits per heavy atom. The van der Waals surface area contributed by atoms with Crippen molar-refractivity contribution < 1.29 is 29.4 Å². The lowest BCUT2D eigenvalue weighted by molar-refractivity contribution is 0.0696. The molecule has 0 aliphatic carbocycles. The number of carbonyl (C=O) groups is 4. The molecule has 0 saturated heterocycles. The van der Waals surface area contributed by atoms with Crippen LogP contribution in [0.2, 0.25) is 0 Å². The Balaban J connectivity index is 1.74. The van der Waals surface area contributed by atoms with Gasteiger partial charge in [0.1, 0.15) is 0 Å². The van der Waals surface area contributed by atoms with E-state index in [0.29, 0.717) is 38.6 Å². The lowest BCUT2D eigenvalue weighted by atomic mass is 9.87. The molecule has 0 spiro atoms. The summed E-state index contributed by atoms with van der Waals surface area (Å²) in [5.74, 6) is -2.56. The van der Waals surface area contributed by atoms with E-state index in [4.69, 9.17) is 23.2 Å². The molecule has 0 saturated carbocycles. The molecule has 186 valence electrons. The zero-order valence-electron chi connectivity index (χ0n) is 19.4. The molecule has 2 N–H and O–H groups in total. The maximum Gasteiger partial charge on any atom is 0.336 e. The summed E-state index contributed by atoms with van der Waals surface area (Å²) < 4.78 is 0. The lowest BCUT2D eigenvalue weighted by Gasteiger charge is -2.16. The lowest BCUT2D eigenvalue weighted by Crippen LogP contribution is -2.09. The maximum atomic E-state index is 12.6. The molecule has 0 heterocycles. The first-order valence-electron chi connectivity index (χ1n) is 11.3. The number of hydrogen-bond donors (Lipinski definition) is 2. The molecule has 0 aliphatic rings. The van der Waals surface area contributed by atoms with Gasteiger partial charge < -0.3 is 10.2 Å². The number of rotatable bonds is 6. The zero-order valence-corrected chi connectivity index (χ0v) is 20.9. The van der Waals surface area contributed by atoms with Gasteiger partial charge in [0, 0.05) is 16.7 Å². The van der Waals surface area contributed by atoms with Crippen LogP contribution in [0.4, 0.5) is 0 Å². The molecule has 5 rings (SSSR count). The molecule has 6 nitrogen and oxygen atoms in total. The van der Waals surface area contributed by atoms with Gasteiger partial charge in [0.2, 0.25) is 0 Å². The first kappa shape index (κ1) is 25.1. The predicted octanol–water partition coefficient (Wildman–Crippen LogP) is 7.48. The second kappa shape index (κ2) is 9.74. The summed E-state index contributed by atoms with van der Waals surface area (Å²) in [5, 5.41) is 21.9. The number of carboxylic acid groups (broad SMARTS) is 2. The van der Waals surface area contributed by atoms with E-state index >= 15 is 0 Å². The van der Waals surface area contributed by atoms with E-state index in [9.17, 15) is 29.4 Å². The van der Waals surface area contributed by atoms with Gasteiger partial charge in [-0.3, -0.25) is 9.59 Å². The van der Waals surface area contributed by atoms with Crippen molar-refractivity contribution in [3.63, 3.8) is 0 Å². The summed E-state index contributed by atoms with van der Waals surface area (Å²) in [7, 11) is 0. The van der Waals surface area contributed by atoms with Gasteiger partial charge in [0.05, 0.1) is 11.1 Å². The van der Waals surface area contributed by atoms with Gasteiger partial charge in [-0.25, -0.2) is 9.59 Å². The number of fused-ring (bicyclic) bond motifs is 2. The van der Waals surface area contributed by atoms with E-state index < -0.39 is 22.4 Å². The SMILES string of the molecule is O=C(Cl)c1ccc2cc(-c3ccc(C(=O)O)c(-c4ccc5cc(C(=O)Cl)ccc5c4)c3C(=O)O)ccc2c1. The third-order valence-corrected chi connectivity index (χ3v) is 6.82. The Hall–Kier alpha value is -4.52. The Morgan fingerprint density at radius 3 is 1.50 bits per heavy atom. The quantitative estimate of drug-likeness (QED) is 0.215. The second-order valence-electron chi connectivity index (χ2n) is 8.62. The van der Waals surface area contributed by atoms with Crippen molar-refractivity contribution in [2.24, 2.45) is 0 Å². The highest BCUT2D eigenvalue weighted by molar-refractivity contribution is 6.68. The van der Waals surface area contributed by atoms with Crippen molar-refractivity contribution in [2.75, 3.05) is 0 Å². The van der Waals surface area contributed by atoms with Crippen LogP contribution in [0, 0.1) is 0 Å². The van der Waals surface area contributed by atoms with Crippen LogP contribution in [-0.2, 0) is 0 Å². The summed E-state index contributed by atoms with van der Waals surface area (Å²) in [5.41, 5.74) is 1.67. The molecular weight excluding hydrogens is 527 g/mol. The number of hydrogen-bond acceptors (Lipinski definition) is 4. The van der Waals surface area contributed by atoms with E-state index in [1.54, 1.807) is 72.8 Å². The summed E-state index contributed by atoms with van der Waals surface area (Å²) in [6.07, 6.45) is 0. The summed E-state index contributed by atoms with van der Waals surface area (Å²) in [6.45, 7) is 0. The van der Waals surface area contributed by atoms with Gasteiger partial charge in [0.15, 0.2) is 0 Å². The molecule has 0 fully saturated rings. The van der Waals surface area contributed by atoms with E-state index in [1.165, 1.54) is 12.1 Å². The minimum absolute atomic E-state index is 0.0603. The minimum atomic E-state index is -1.29. The van der Waals surface area contributed by atoms with E-state index in [0.717, 1.165) is 10.8 Å². The van der Waals surface area contributed by atoms with Crippen molar-refractivity contribution in [3.8, 4) is 22.3 Å². The zero-order chi connectivity index (χ0) is 27.1. The molecule has 0 aromatic heterocycles. The number of halogens is 2. The third-order valence-electron chi connectivity index (χ3n) is 6.38. The molecule has 0 amide bonds. The molecule has 0 unspecified atom stereocenters. The average molecular weight is 543 g/mol. The van der Waals surface area contributed by atoms with Gasteiger partial charge in [0.25, 0.3) is 10.5 Å². The second-order valence-corrected chi connectivity index (χ2v) is 9.31. The highest BCUT2D eigenvalue weighted by Crippen LogP contribution is 2.38. The highest BCUT2D eigenvalue weighted by atomic mass is 35.5. The molecule has 0 atom stereocenters. The first-order valence-corrected chi connectivity index (χ1v) is 12.0. The topological polar surface area (TPSA) is 109 Å². The average Bonchev–Trinajstić information content (AvgIpc) is 2.90. The van der Waals surface area contributed by atoms with Crippen LogP contribution in [0.25, 0.3) is 43.8 Å². The highest BCUT2D eigenvalue weighted by Gasteiger charge is 2.25. The molecule has 0 radical (unpaired) electrons. The van der Waals surface area contributed by atoms with Crippen LogP contribution >= 0.6 is 23.2 Å². The summed E-state index contributed by atoms with van der Waals surface area (Å²) in [4.78, 5) is 47.9. The van der Waals surface area contributed by atoms with Crippen LogP contribution < -0.4 is 0 Å². The molecular formula is C30H16Cl2O6. The van der Waals surface area contributed by atoms with Crippen LogP contribution in [0.15, 0.2) is 84.9 Å². The molecule has 0 bridgehead atoms. The van der Waals surface area contributed by atoms with Crippen LogP contribution in [-0.4, -0.2) is 32.6 Å². The van der Waals surface area contributed by atoms with Crippen LogP contribution in [0.5, 0.6) is 0 Å². The molecule has 8 heteroatoms. The van der Waals surface area contributed by atoms with Gasteiger partial charge in [-0.1, -0.05) is 42.5 Å². The van der Waals surface area contributed by atoms with Crippen molar-refractivity contribution in [1.82, 2.24) is 0 Å². The predicted molar refractivity (Wildman–Crippen MR) is 147 cm³/mol. The van der Waals surface area contributed by atoms with E-state index in [-0.39, 0.29) is 16.7 Å². The smallest absolute Gasteiger partial charge is 0.336 e. The summed E-state index contributed by atoms with van der Waals surface area (Å²) >= 11 is 11.2. The Labute approximate surface area is 225 Å². The Kier molecular flexibility index (Phi) is 6.45. The standard InChI is InChI=1S/C30H16Cl2O6/c31-27(33)21-7-3-15-11-19(5-1-17(15)13-21)23-9-10-24(29(35)36)25(26(23)30(37)38)20-6-2-18-14-22(28(32)34)8-4-16(18)12-20/h1-14H,(H,35,36)(H,37,38). The fourth-order valence-corrected chi connectivity index (χ4v) is 4.84. The fraction of sp³-hybridized carbons (Fsp3) is 0. The van der Waals surface area contributed by atoms with Crippen molar-refractivity contribution in [3.05, 3.63) is 107 Å². The third kappa shape index (κ3) is 4.52. The Bertz CT molecular complexity index is 1840. The van der Waals surface area contributed by atoms with Gasteiger partial charge in [-0.2, -0.15) is 0 Å². The van der Waals surface area contributed by atoms with E-state index in [2.05, 4.69) is 0 Å². The van der Waals surface area contributed by atoms with Gasteiger partial charge >= 0.3 is 11.9 Å². The van der Waals surface area contributed by atoms with Crippen molar-refractivity contribution >= 4 is 67.2 Å². The number of aromatic carboxylic acids is 2. The monoisotopic (exact) mass is 542 g/mol. The normalized spacial score (nSPS) is 11.0. The van der Waals surface area contributed by atoms with Crippen LogP contribution in [0.1, 0.15) is 41.4 Å². The van der Waals surface area contributed by atoms with Crippen LogP contribution in [0.3, 0.4) is 0 Å². The molecule has 5 aromatic rings. The van der Waals surface area contributed by atoms with Crippen molar-refractivity contribution in [1.29, 1.82) is 0 Å². The number of benzene rings is 5. The first-order chi connectivity index (χ1) is 18.1. The number of carboxylic acids is 2. The van der Waals surface area contributed by atoms with E-state index in [1.807, 2.05) is 0 Å². The molecule has 5 aromatic carbocycles. The fourth-order valence-electron chi connectivity index (χ4n) is 4.60. The van der Waals surface area contributed by atoms with Crippen molar-refractivity contribution in [2.45, 2.75) is 0 Å². The number of carbonyl (C=O) groups excluding carboxylic acids is 2. The Morgan fingerprint density at radius 2 is 1.00 bits per heavy atom. The molecule has 0 aliphatic heterocycles. The van der Waals surface area contributed by atoms with Gasteiger partial charge in [-0.15, -0.1) is 0 Å². The van der Waals surface area contributed by atoms with Gasteiger partial charge in [-0.05, 0) is 104 Å². The minimum Gasteiger partial charge on any atom is -0.478 e.